The third-order valence-electron chi connectivity index (χ3n) is 5.57. The van der Waals surface area contributed by atoms with Crippen LogP contribution in [-0.2, 0) is 9.47 Å². The van der Waals surface area contributed by atoms with Gasteiger partial charge in [0.25, 0.3) is 0 Å². The van der Waals surface area contributed by atoms with Crippen molar-refractivity contribution in [1.82, 2.24) is 0 Å². The number of rotatable bonds is 8. The van der Waals surface area contributed by atoms with Gasteiger partial charge in [0.2, 0.25) is 0 Å². The fourth-order valence-electron chi connectivity index (χ4n) is 3.91. The number of carbonyl (C=O) groups is 2. The first-order valence-electron chi connectivity index (χ1n) is 10.4. The van der Waals surface area contributed by atoms with Crippen LogP contribution in [0.1, 0.15) is 0 Å². The van der Waals surface area contributed by atoms with E-state index < -0.39 is 24.4 Å². The number of ether oxygens (including phenoxy) is 4. The van der Waals surface area contributed by atoms with Crippen LogP contribution in [0.4, 0.5) is 21.0 Å². The van der Waals surface area contributed by atoms with Gasteiger partial charge < -0.3 is 24.1 Å². The van der Waals surface area contributed by atoms with Gasteiger partial charge in [0.1, 0.15) is 23.7 Å². The van der Waals surface area contributed by atoms with Crippen LogP contribution in [-0.4, -0.2) is 70.0 Å². The number of aliphatic hydroxyl groups is 1. The number of benzene rings is 2. The molecule has 12 heteroatoms. The van der Waals surface area contributed by atoms with Crippen LogP contribution in [0.15, 0.2) is 41.5 Å². The summed E-state index contributed by atoms with van der Waals surface area (Å²) in [4.78, 5) is 30.1. The van der Waals surface area contributed by atoms with Gasteiger partial charge in [-0.05, 0) is 40.9 Å². The van der Waals surface area contributed by atoms with E-state index in [4.69, 9.17) is 24.5 Å². The molecule has 2 fully saturated rings. The zero-order valence-electron chi connectivity index (χ0n) is 18.6. The number of hydrogen-bond acceptors (Lipinski definition) is 8. The average molecular weight is 469 g/mol. The number of amides is 2. The summed E-state index contributed by atoms with van der Waals surface area (Å²) >= 11 is 0. The van der Waals surface area contributed by atoms with E-state index in [9.17, 15) is 14.7 Å². The molecule has 2 aromatic carbocycles. The first kappa shape index (κ1) is 23.0. The lowest BCUT2D eigenvalue weighted by Crippen LogP contribution is -2.25. The fraction of sp³-hybridized carbons (Fsp3) is 0.364. The lowest BCUT2D eigenvalue weighted by molar-refractivity contribution is 0.0963. The molecule has 178 valence electrons. The normalized spacial score (nSPS) is 19.5. The Kier molecular flexibility index (Phi) is 6.62. The number of carbonyl (C=O) groups excluding carboxylic acids is 2. The van der Waals surface area contributed by atoms with Gasteiger partial charge in [0.05, 0.1) is 51.8 Å². The van der Waals surface area contributed by atoms with Crippen LogP contribution in [0.25, 0.3) is 21.6 Å². The predicted molar refractivity (Wildman–Crippen MR) is 121 cm³/mol. The summed E-state index contributed by atoms with van der Waals surface area (Å²) in [5.74, 6) is 0.913. The van der Waals surface area contributed by atoms with Crippen molar-refractivity contribution in [3.63, 3.8) is 0 Å². The topological polar surface area (TPSA) is 147 Å². The van der Waals surface area contributed by atoms with E-state index in [1.807, 2.05) is 12.1 Å². The van der Waals surface area contributed by atoms with Gasteiger partial charge in [0, 0.05) is 4.91 Å². The molecule has 0 spiro atoms. The minimum atomic E-state index is -0.586. The molecule has 0 radical (unpaired) electrons. The summed E-state index contributed by atoms with van der Waals surface area (Å²) in [5.41, 5.74) is 11.1. The second-order valence-corrected chi connectivity index (χ2v) is 7.60. The lowest BCUT2D eigenvalue weighted by Gasteiger charge is -2.19. The Balaban J connectivity index is 1.61. The third kappa shape index (κ3) is 4.36. The maximum atomic E-state index is 12.3. The standard InChI is InChI=1S/C22H23N5O7/c1-31-19-7-13(3-5-17(19)26-10-15(9-24-25-23)33-21(26)29)14-4-6-18(20(8-14)32-2)27-11-16(12-28)34-22(27)30/h3-8,15-16,28H,9-12H2,1-2H3/t15-,16+/m0/s1. The quantitative estimate of drug-likeness (QED) is 0.354. The van der Waals surface area contributed by atoms with E-state index in [0.29, 0.717) is 22.9 Å². The Morgan fingerprint density at radius 1 is 0.971 bits per heavy atom. The highest BCUT2D eigenvalue weighted by molar-refractivity contribution is 5.94. The molecule has 2 aliphatic rings. The first-order chi connectivity index (χ1) is 16.5. The van der Waals surface area contributed by atoms with Gasteiger partial charge in [-0.2, -0.15) is 0 Å². The molecule has 2 heterocycles. The van der Waals surface area contributed by atoms with Crippen molar-refractivity contribution in [3.8, 4) is 22.6 Å². The Labute approximate surface area is 194 Å². The van der Waals surface area contributed by atoms with E-state index in [0.717, 1.165) is 11.1 Å². The van der Waals surface area contributed by atoms with Gasteiger partial charge in [-0.25, -0.2) is 9.59 Å². The third-order valence-corrected chi connectivity index (χ3v) is 5.57. The van der Waals surface area contributed by atoms with Crippen LogP contribution in [0.3, 0.4) is 0 Å². The van der Waals surface area contributed by atoms with Crippen molar-refractivity contribution < 1.29 is 33.6 Å². The van der Waals surface area contributed by atoms with E-state index in [2.05, 4.69) is 10.0 Å². The summed E-state index contributed by atoms with van der Waals surface area (Å²) in [7, 11) is 3.00. The van der Waals surface area contributed by atoms with Gasteiger partial charge in [-0.3, -0.25) is 9.80 Å². The number of azide groups is 1. The number of nitrogens with zero attached hydrogens (tertiary/aromatic N) is 5. The molecule has 0 aliphatic carbocycles. The van der Waals surface area contributed by atoms with E-state index >= 15 is 0 Å². The largest absolute Gasteiger partial charge is 0.495 e. The molecule has 2 saturated heterocycles. The van der Waals surface area contributed by atoms with Gasteiger partial charge in [0.15, 0.2) is 0 Å². The monoisotopic (exact) mass is 469 g/mol. The summed E-state index contributed by atoms with van der Waals surface area (Å²) in [6.45, 7) is 0.248. The minimum absolute atomic E-state index is 0.0505. The summed E-state index contributed by atoms with van der Waals surface area (Å²) in [6.07, 6.45) is -2.22. The molecule has 34 heavy (non-hydrogen) atoms. The second kappa shape index (κ2) is 9.77. The Bertz CT molecular complexity index is 1150. The highest BCUT2D eigenvalue weighted by atomic mass is 16.6. The first-order valence-corrected chi connectivity index (χ1v) is 10.4. The van der Waals surface area contributed by atoms with Crippen LogP contribution in [0, 0.1) is 0 Å². The number of aliphatic hydroxyl groups excluding tert-OH is 1. The van der Waals surface area contributed by atoms with Crippen LogP contribution in [0.5, 0.6) is 11.5 Å². The number of hydrogen-bond donors (Lipinski definition) is 1. The Morgan fingerprint density at radius 3 is 1.91 bits per heavy atom. The van der Waals surface area contributed by atoms with Crippen molar-refractivity contribution >= 4 is 23.6 Å². The van der Waals surface area contributed by atoms with Crippen LogP contribution < -0.4 is 19.3 Å². The molecular formula is C22H23N5O7. The molecule has 12 nitrogen and oxygen atoms in total. The predicted octanol–water partition coefficient (Wildman–Crippen LogP) is 3.32. The van der Waals surface area contributed by atoms with Gasteiger partial charge in [-0.1, -0.05) is 17.2 Å². The second-order valence-electron chi connectivity index (χ2n) is 7.60. The lowest BCUT2D eigenvalue weighted by atomic mass is 10.0. The van der Waals surface area contributed by atoms with Crippen LogP contribution in [0.2, 0.25) is 0 Å². The molecule has 4 rings (SSSR count). The number of anilines is 2. The van der Waals surface area contributed by atoms with Crippen molar-refractivity contribution in [1.29, 1.82) is 0 Å². The molecule has 0 bridgehead atoms. The van der Waals surface area contributed by atoms with Crippen molar-refractivity contribution in [2.75, 3.05) is 50.3 Å². The zero-order valence-corrected chi connectivity index (χ0v) is 18.6. The summed E-state index contributed by atoms with van der Waals surface area (Å²) < 4.78 is 21.4. The highest BCUT2D eigenvalue weighted by Crippen LogP contribution is 2.39. The molecular weight excluding hydrogens is 446 g/mol. The van der Waals surface area contributed by atoms with E-state index in [-0.39, 0.29) is 26.2 Å². The Hall–Kier alpha value is -4.15. The minimum Gasteiger partial charge on any atom is -0.495 e. The van der Waals surface area contributed by atoms with Gasteiger partial charge in [-0.15, -0.1) is 0 Å². The highest BCUT2D eigenvalue weighted by Gasteiger charge is 2.35. The smallest absolute Gasteiger partial charge is 0.414 e. The summed E-state index contributed by atoms with van der Waals surface area (Å²) in [5, 5.41) is 12.8. The van der Waals surface area contributed by atoms with Crippen molar-refractivity contribution in [3.05, 3.63) is 46.8 Å². The fourth-order valence-corrected chi connectivity index (χ4v) is 3.91. The SMILES string of the molecule is COc1cc(-c2ccc(N3C[C@H](CN=[N+]=[N-])OC3=O)c(OC)c2)ccc1N1C[C@H](CO)OC1=O. The molecule has 2 aliphatic heterocycles. The van der Waals surface area contributed by atoms with Crippen molar-refractivity contribution in [2.45, 2.75) is 12.2 Å². The molecule has 2 atom stereocenters. The number of methoxy groups -OCH3 is 2. The summed E-state index contributed by atoms with van der Waals surface area (Å²) in [6, 6.07) is 10.7. The van der Waals surface area contributed by atoms with Gasteiger partial charge >= 0.3 is 12.2 Å². The van der Waals surface area contributed by atoms with Crippen molar-refractivity contribution in [2.24, 2.45) is 5.11 Å². The number of cyclic esters (lactones) is 2. The van der Waals surface area contributed by atoms with Crippen LogP contribution >= 0.6 is 0 Å². The zero-order chi connectivity index (χ0) is 24.2. The maximum Gasteiger partial charge on any atom is 0.414 e. The molecule has 0 aromatic heterocycles. The molecule has 1 N–H and O–H groups in total. The van der Waals surface area contributed by atoms with E-state index in [1.54, 1.807) is 24.3 Å². The average Bonchev–Trinajstić information content (AvgIpc) is 3.43. The molecule has 0 unspecified atom stereocenters. The molecule has 2 aromatic rings. The molecule has 0 saturated carbocycles. The maximum absolute atomic E-state index is 12.3. The Morgan fingerprint density at radius 2 is 1.47 bits per heavy atom. The van der Waals surface area contributed by atoms with E-state index in [1.165, 1.54) is 24.0 Å². The molecule has 2 amide bonds.